The number of nitrogens with one attached hydrogen (secondary N) is 2. The van der Waals surface area contributed by atoms with Gasteiger partial charge in [0, 0.05) is 25.4 Å². The molecule has 9 nitrogen and oxygen atoms in total. The number of aliphatic hydroxyl groups excluding tert-OH is 1. The van der Waals surface area contributed by atoms with Gasteiger partial charge in [0.1, 0.15) is 6.04 Å². The highest BCUT2D eigenvalue weighted by Crippen LogP contribution is 2.29. The van der Waals surface area contributed by atoms with E-state index in [0.717, 1.165) is 15.6 Å². The average molecular weight is 373 g/mol. The maximum Gasteiger partial charge on any atom is 0.280 e. The average Bonchev–Trinajstić information content (AvgIpc) is 2.90. The van der Waals surface area contributed by atoms with Gasteiger partial charge in [-0.1, -0.05) is 0 Å². The minimum Gasteiger partial charge on any atom is -0.394 e. The number of likely N-dealkylation sites (N-methyl/N-ethyl adjacent to an activating group) is 1. The Kier molecular flexibility index (Phi) is 5.57. The number of amides is 1. The Balaban J connectivity index is 2.31. The second-order valence-electron chi connectivity index (χ2n) is 7.00. The molecule has 1 aliphatic rings. The van der Waals surface area contributed by atoms with Gasteiger partial charge in [-0.2, -0.15) is 22.5 Å². The maximum absolute atomic E-state index is 12.6. The van der Waals surface area contributed by atoms with Crippen LogP contribution in [-0.2, 0) is 21.5 Å². The van der Waals surface area contributed by atoms with E-state index < -0.39 is 33.7 Å². The van der Waals surface area contributed by atoms with Crippen LogP contribution in [0.3, 0.4) is 0 Å². The van der Waals surface area contributed by atoms with E-state index in [1.54, 1.807) is 24.7 Å². The molecule has 1 amide bonds. The molecule has 0 bridgehead atoms. The molecule has 142 valence electrons. The molecule has 0 spiro atoms. The third-order valence-electron chi connectivity index (χ3n) is 4.41. The fourth-order valence-corrected chi connectivity index (χ4v) is 4.07. The van der Waals surface area contributed by atoms with Crippen molar-refractivity contribution in [2.24, 2.45) is 0 Å². The van der Waals surface area contributed by atoms with Gasteiger partial charge in [-0.15, -0.1) is 0 Å². The van der Waals surface area contributed by atoms with Crippen molar-refractivity contribution in [3.63, 3.8) is 0 Å². The van der Waals surface area contributed by atoms with Gasteiger partial charge in [-0.25, -0.2) is 0 Å². The summed E-state index contributed by atoms with van der Waals surface area (Å²) in [6.45, 7) is 7.54. The number of hydrogen-bond acceptors (Lipinski definition) is 5. The molecule has 1 aromatic heterocycles. The van der Waals surface area contributed by atoms with Crippen molar-refractivity contribution in [2.45, 2.75) is 58.3 Å². The van der Waals surface area contributed by atoms with Crippen LogP contribution in [-0.4, -0.2) is 58.8 Å². The number of aryl methyl sites for hydroxylation is 2. The molecular formula is C15H27N5O4S. The number of nitrogens with zero attached hydrogens (tertiary/aromatic N) is 3. The van der Waals surface area contributed by atoms with Gasteiger partial charge in [-0.3, -0.25) is 9.48 Å². The summed E-state index contributed by atoms with van der Waals surface area (Å²) in [4.78, 5) is 12.6. The Morgan fingerprint density at radius 3 is 2.68 bits per heavy atom. The molecule has 1 fully saturated rings. The van der Waals surface area contributed by atoms with E-state index in [2.05, 4.69) is 15.1 Å². The Bertz CT molecular complexity index is 743. The molecule has 1 aromatic rings. The summed E-state index contributed by atoms with van der Waals surface area (Å²) in [6, 6.07) is -1.40. The van der Waals surface area contributed by atoms with Crippen LogP contribution in [0.4, 0.5) is 0 Å². The molecule has 0 aromatic carbocycles. The van der Waals surface area contributed by atoms with E-state index in [1.165, 1.54) is 7.05 Å². The number of hydrogen-bond donors (Lipinski definition) is 3. The maximum atomic E-state index is 12.6. The van der Waals surface area contributed by atoms with Crippen LogP contribution in [0.1, 0.15) is 44.5 Å². The molecule has 0 aliphatic carbocycles. The minimum absolute atomic E-state index is 0.244. The Hall–Kier alpha value is -1.49. The number of aromatic nitrogens is 2. The monoisotopic (exact) mass is 373 g/mol. The van der Waals surface area contributed by atoms with E-state index in [0.29, 0.717) is 6.54 Å². The quantitative estimate of drug-likeness (QED) is 0.654. The highest BCUT2D eigenvalue weighted by atomic mass is 32.2. The molecule has 2 rings (SSSR count). The van der Waals surface area contributed by atoms with Crippen LogP contribution in [0.25, 0.3) is 0 Å². The summed E-state index contributed by atoms with van der Waals surface area (Å²) < 4.78 is 30.3. The molecule has 1 aliphatic heterocycles. The van der Waals surface area contributed by atoms with Crippen LogP contribution in [0.5, 0.6) is 0 Å². The molecule has 0 saturated carbocycles. The largest absolute Gasteiger partial charge is 0.394 e. The van der Waals surface area contributed by atoms with Gasteiger partial charge in [0.25, 0.3) is 10.2 Å². The van der Waals surface area contributed by atoms with E-state index in [4.69, 9.17) is 0 Å². The highest BCUT2D eigenvalue weighted by Gasteiger charge is 2.42. The lowest BCUT2D eigenvalue weighted by atomic mass is 9.99. The van der Waals surface area contributed by atoms with Gasteiger partial charge >= 0.3 is 0 Å². The van der Waals surface area contributed by atoms with Gasteiger partial charge in [0.05, 0.1) is 23.9 Å². The zero-order valence-corrected chi connectivity index (χ0v) is 16.1. The first kappa shape index (κ1) is 19.8. The molecule has 2 unspecified atom stereocenters. The van der Waals surface area contributed by atoms with Crippen molar-refractivity contribution in [3.05, 3.63) is 17.5 Å². The van der Waals surface area contributed by atoms with Gasteiger partial charge in [0.2, 0.25) is 5.91 Å². The standard InChI is InChI=1S/C15H27N5O4S/c1-6-20-8-11(10(2)17-20)12-7-13(19(5)25(23,24)18-12)14(22)16-15(3,4)9-21/h8,12-13,18,21H,6-7,9H2,1-5H3,(H,16,22). The normalized spacial score (nSPS) is 24.2. The summed E-state index contributed by atoms with van der Waals surface area (Å²) in [7, 11) is -2.43. The van der Waals surface area contributed by atoms with Crippen molar-refractivity contribution >= 4 is 16.1 Å². The van der Waals surface area contributed by atoms with Crippen LogP contribution >= 0.6 is 0 Å². The summed E-state index contributed by atoms with van der Waals surface area (Å²) in [5, 5.41) is 16.4. The SMILES string of the molecule is CCn1cc(C2CC(C(=O)NC(C)(C)CO)N(C)S(=O)(=O)N2)c(C)n1. The third-order valence-corrected chi connectivity index (χ3v) is 6.01. The Morgan fingerprint density at radius 1 is 1.52 bits per heavy atom. The second kappa shape index (κ2) is 7.02. The highest BCUT2D eigenvalue weighted by molar-refractivity contribution is 7.87. The third kappa shape index (κ3) is 4.20. The summed E-state index contributed by atoms with van der Waals surface area (Å²) >= 11 is 0. The number of aliphatic hydroxyl groups is 1. The number of rotatable bonds is 5. The van der Waals surface area contributed by atoms with E-state index >= 15 is 0 Å². The fourth-order valence-electron chi connectivity index (χ4n) is 2.81. The van der Waals surface area contributed by atoms with Crippen molar-refractivity contribution in [3.8, 4) is 0 Å². The van der Waals surface area contributed by atoms with Crippen molar-refractivity contribution < 1.29 is 18.3 Å². The van der Waals surface area contributed by atoms with Gasteiger partial charge in [0.15, 0.2) is 0 Å². The molecule has 1 saturated heterocycles. The molecule has 2 atom stereocenters. The van der Waals surface area contributed by atoms with Crippen molar-refractivity contribution in [1.82, 2.24) is 24.1 Å². The minimum atomic E-state index is -3.81. The molecule has 25 heavy (non-hydrogen) atoms. The smallest absolute Gasteiger partial charge is 0.280 e. The van der Waals surface area contributed by atoms with E-state index in [9.17, 15) is 18.3 Å². The van der Waals surface area contributed by atoms with Gasteiger partial charge in [-0.05, 0) is 34.1 Å². The van der Waals surface area contributed by atoms with Crippen LogP contribution in [0.2, 0.25) is 0 Å². The fraction of sp³-hybridized carbons (Fsp3) is 0.733. The van der Waals surface area contributed by atoms with E-state index in [1.807, 2.05) is 13.8 Å². The number of carbonyl (C=O) groups excluding carboxylic acids is 1. The summed E-state index contributed by atoms with van der Waals surface area (Å²) in [5.74, 6) is -0.433. The van der Waals surface area contributed by atoms with E-state index in [-0.39, 0.29) is 13.0 Å². The first-order chi connectivity index (χ1) is 11.5. The lowest BCUT2D eigenvalue weighted by molar-refractivity contribution is -0.127. The molecular weight excluding hydrogens is 346 g/mol. The van der Waals surface area contributed by atoms with Crippen molar-refractivity contribution in [2.75, 3.05) is 13.7 Å². The topological polar surface area (TPSA) is 117 Å². The Morgan fingerprint density at radius 2 is 2.16 bits per heavy atom. The number of carbonyl (C=O) groups is 1. The lowest BCUT2D eigenvalue weighted by Gasteiger charge is -2.37. The molecule has 2 heterocycles. The van der Waals surface area contributed by atoms with Crippen molar-refractivity contribution in [1.29, 1.82) is 0 Å². The summed E-state index contributed by atoms with van der Waals surface area (Å²) in [6.07, 6.45) is 2.08. The first-order valence-electron chi connectivity index (χ1n) is 8.23. The molecule has 0 radical (unpaired) electrons. The molecule has 10 heteroatoms. The zero-order valence-electron chi connectivity index (χ0n) is 15.3. The zero-order chi connectivity index (χ0) is 19.0. The van der Waals surface area contributed by atoms with Gasteiger partial charge < -0.3 is 10.4 Å². The molecule has 3 N–H and O–H groups in total. The Labute approximate surface area is 148 Å². The van der Waals surface area contributed by atoms with Crippen LogP contribution in [0.15, 0.2) is 6.20 Å². The summed E-state index contributed by atoms with van der Waals surface area (Å²) in [5.41, 5.74) is 0.664. The first-order valence-corrected chi connectivity index (χ1v) is 9.67. The predicted molar refractivity (Wildman–Crippen MR) is 92.9 cm³/mol. The van der Waals surface area contributed by atoms with Crippen LogP contribution < -0.4 is 10.0 Å². The van der Waals surface area contributed by atoms with Crippen LogP contribution in [0, 0.1) is 6.92 Å². The second-order valence-corrected chi connectivity index (χ2v) is 8.76. The lowest BCUT2D eigenvalue weighted by Crippen LogP contribution is -2.60. The predicted octanol–water partition coefficient (Wildman–Crippen LogP) is -0.322.